The summed E-state index contributed by atoms with van der Waals surface area (Å²) < 4.78 is 59.5. The number of benzene rings is 3. The van der Waals surface area contributed by atoms with E-state index in [4.69, 9.17) is 20.2 Å². The van der Waals surface area contributed by atoms with E-state index in [1.54, 1.807) is 32.6 Å². The average Bonchev–Trinajstić information content (AvgIpc) is 4.02. The summed E-state index contributed by atoms with van der Waals surface area (Å²) in [6.07, 6.45) is 8.84. The number of nitrogens with two attached hydrogens (primary N) is 1. The number of carbonyl (C=O) groups is 2. The van der Waals surface area contributed by atoms with Gasteiger partial charge in [0.25, 0.3) is 0 Å². The lowest BCUT2D eigenvalue weighted by atomic mass is 10.1. The van der Waals surface area contributed by atoms with Gasteiger partial charge in [-0.25, -0.2) is 14.8 Å². The summed E-state index contributed by atoms with van der Waals surface area (Å²) in [6.45, 7) is 17.3. The second-order valence-electron chi connectivity index (χ2n) is 16.0. The monoisotopic (exact) mass is 1010 g/mol. The third-order valence-corrected chi connectivity index (χ3v) is 13.4. The SMILES string of the molecule is CC.CC.CCCCC/C=C\C1CC1P(=O)(O)Cc1ccccc1.CCCCN(C)C(N)=O.COc1ccc2c(OC)cc(-c3csc(NC(C)C)n3)nc2c1.O=CCNc1ccc(C(F)(F)F)cc1. The third-order valence-electron chi connectivity index (χ3n) is 10.1. The maximum atomic E-state index is 12.4. The highest BCUT2D eigenvalue weighted by atomic mass is 32.1. The van der Waals surface area contributed by atoms with E-state index in [2.05, 4.69) is 55.5 Å². The number of ether oxygens (including phenoxy) is 2. The number of fused-ring (bicyclic) bond motifs is 1. The lowest BCUT2D eigenvalue weighted by molar-refractivity contribution is -0.137. The fourth-order valence-corrected chi connectivity index (χ4v) is 9.46. The number of alkyl halides is 3. The van der Waals surface area contributed by atoms with Gasteiger partial charge in [-0.1, -0.05) is 103 Å². The van der Waals surface area contributed by atoms with E-state index in [1.807, 2.05) is 87.7 Å². The molecule has 0 aliphatic heterocycles. The minimum Gasteiger partial charge on any atom is -0.497 e. The molecule has 0 bridgehead atoms. The number of allylic oxidation sites excluding steroid dienone is 2. The van der Waals surface area contributed by atoms with Gasteiger partial charge in [0.05, 0.1) is 37.5 Å². The molecule has 2 aromatic heterocycles. The first-order chi connectivity index (χ1) is 33.5. The highest BCUT2D eigenvalue weighted by molar-refractivity contribution is 7.58. The number of rotatable bonds is 19. The van der Waals surface area contributed by atoms with Gasteiger partial charge in [0.1, 0.15) is 23.5 Å². The van der Waals surface area contributed by atoms with E-state index < -0.39 is 19.1 Å². The van der Waals surface area contributed by atoms with E-state index in [-0.39, 0.29) is 18.2 Å². The van der Waals surface area contributed by atoms with Crippen LogP contribution in [0.25, 0.3) is 22.3 Å². The van der Waals surface area contributed by atoms with Crippen molar-refractivity contribution in [1.29, 1.82) is 0 Å². The van der Waals surface area contributed by atoms with Gasteiger partial charge in [-0.15, -0.1) is 11.3 Å². The van der Waals surface area contributed by atoms with E-state index in [0.29, 0.717) is 30.1 Å². The highest BCUT2D eigenvalue weighted by Crippen LogP contribution is 2.63. The topological polar surface area (TPSA) is 169 Å². The number of nitrogens with one attached hydrogen (secondary N) is 2. The molecule has 0 radical (unpaired) electrons. The van der Waals surface area contributed by atoms with Gasteiger partial charge in [0.15, 0.2) is 5.13 Å². The van der Waals surface area contributed by atoms with Gasteiger partial charge in [-0.2, -0.15) is 13.2 Å². The van der Waals surface area contributed by atoms with Crippen LogP contribution in [-0.4, -0.2) is 78.1 Å². The number of urea groups is 1. The van der Waals surface area contributed by atoms with Crippen LogP contribution in [0.4, 0.5) is 28.8 Å². The Kier molecular flexibility index (Phi) is 30.4. The van der Waals surface area contributed by atoms with Crippen LogP contribution in [0, 0.1) is 5.92 Å². The summed E-state index contributed by atoms with van der Waals surface area (Å²) in [5.74, 6) is 1.87. The number of methoxy groups -OCH3 is 2. The lowest BCUT2D eigenvalue weighted by Crippen LogP contribution is -2.32. The van der Waals surface area contributed by atoms with Crippen LogP contribution < -0.4 is 25.8 Å². The Morgan fingerprint density at radius 1 is 0.943 bits per heavy atom. The molecule has 5 aromatic rings. The molecule has 3 aromatic carbocycles. The van der Waals surface area contributed by atoms with Gasteiger partial charge in [-0.05, 0) is 87.4 Å². The third kappa shape index (κ3) is 23.4. The molecule has 0 spiro atoms. The smallest absolute Gasteiger partial charge is 0.416 e. The first-order valence-corrected chi connectivity index (χ1v) is 26.9. The number of halogens is 3. The Bertz CT molecular complexity index is 2300. The summed E-state index contributed by atoms with van der Waals surface area (Å²) in [6, 6.07) is 21.8. The number of hydrogen-bond acceptors (Lipinski definition) is 10. The lowest BCUT2D eigenvalue weighted by Gasteiger charge is -2.12. The first-order valence-electron chi connectivity index (χ1n) is 24.1. The molecule has 0 saturated heterocycles. The summed E-state index contributed by atoms with van der Waals surface area (Å²) >= 11 is 1.57. The van der Waals surface area contributed by atoms with Crippen molar-refractivity contribution >= 4 is 52.7 Å². The Labute approximate surface area is 419 Å². The van der Waals surface area contributed by atoms with Crippen molar-refractivity contribution < 1.29 is 41.7 Å². The Morgan fingerprint density at radius 3 is 2.16 bits per heavy atom. The summed E-state index contributed by atoms with van der Waals surface area (Å²) in [5.41, 5.74) is 8.16. The molecular weight excluding hydrogens is 937 g/mol. The second-order valence-corrected chi connectivity index (χ2v) is 19.3. The number of primary amides is 1. The van der Waals surface area contributed by atoms with Crippen molar-refractivity contribution in [1.82, 2.24) is 14.9 Å². The van der Waals surface area contributed by atoms with Crippen molar-refractivity contribution in [3.05, 3.63) is 108 Å². The summed E-state index contributed by atoms with van der Waals surface area (Å²) in [7, 11) is 1.97. The van der Waals surface area contributed by atoms with Crippen LogP contribution in [0.3, 0.4) is 0 Å². The maximum absolute atomic E-state index is 12.4. The van der Waals surface area contributed by atoms with Crippen LogP contribution in [-0.2, 0) is 21.7 Å². The van der Waals surface area contributed by atoms with Gasteiger partial charge >= 0.3 is 12.2 Å². The van der Waals surface area contributed by atoms with Crippen LogP contribution in [0.1, 0.15) is 111 Å². The zero-order valence-electron chi connectivity index (χ0n) is 43.0. The predicted molar refractivity (Wildman–Crippen MR) is 286 cm³/mol. The molecular formula is C53H78F3N6O6PS. The number of anilines is 2. The molecule has 17 heteroatoms. The van der Waals surface area contributed by atoms with Crippen molar-refractivity contribution in [3.63, 3.8) is 0 Å². The molecule has 2 heterocycles. The molecule has 1 saturated carbocycles. The molecule has 3 unspecified atom stereocenters. The molecule has 12 nitrogen and oxygen atoms in total. The molecule has 2 amide bonds. The number of nitrogens with zero attached hydrogens (tertiary/aromatic N) is 3. The molecule has 1 aliphatic carbocycles. The van der Waals surface area contributed by atoms with Crippen molar-refractivity contribution in [2.75, 3.05) is 45.0 Å². The van der Waals surface area contributed by atoms with Gasteiger partial charge in [0.2, 0.25) is 7.37 Å². The number of amides is 2. The number of aldehydes is 1. The molecule has 388 valence electrons. The van der Waals surface area contributed by atoms with Crippen molar-refractivity contribution in [2.45, 2.75) is 124 Å². The van der Waals surface area contributed by atoms with Gasteiger partial charge in [0, 0.05) is 60.0 Å². The van der Waals surface area contributed by atoms with Gasteiger partial charge < -0.3 is 40.4 Å². The largest absolute Gasteiger partial charge is 0.497 e. The van der Waals surface area contributed by atoms with Crippen LogP contribution in [0.5, 0.6) is 11.5 Å². The number of aromatic nitrogens is 2. The Morgan fingerprint density at radius 2 is 1.60 bits per heavy atom. The van der Waals surface area contributed by atoms with Crippen molar-refractivity contribution in [2.24, 2.45) is 11.7 Å². The summed E-state index contributed by atoms with van der Waals surface area (Å²) in [5, 5.41) is 9.79. The number of thiazole rings is 1. The Balaban J connectivity index is 0.000000477. The number of unbranched alkanes of at least 4 members (excludes halogenated alkanes) is 4. The first kappa shape index (κ1) is 62.6. The van der Waals surface area contributed by atoms with E-state index >= 15 is 0 Å². The standard InChI is InChI=1S/C17H19N3O2S.C17H25O2P.C9H8F3NO.C6H14N2O.2C2H6/c1-10(2)18-17-20-15(9-23-17)14-8-16(22-4)12-6-5-11(21-3)7-13(12)19-14;1-2-3-4-5-9-12-16-13-17(16)20(18,19)14-15-10-7-6-8-11-15;10-9(11,12)7-1-3-8(4-2-7)13-5-6-14;1-3-4-5-8(2)6(7)9;2*1-2/h5-10H,1-4H3,(H,18,20);6-12,16-17H,2-5,13-14H2,1H3,(H,18,19);1-4,6,13H,5H2;3-5H2,1-2H3,(H2,7,9);2*1-2H3/b;12-9-;;;;. The molecule has 70 heavy (non-hydrogen) atoms. The zero-order chi connectivity index (χ0) is 52.7. The molecule has 1 aliphatic rings. The number of pyridine rings is 1. The Hall–Kier alpha value is -5.44. The fourth-order valence-electron chi connectivity index (χ4n) is 6.37. The second kappa shape index (κ2) is 34.0. The minimum absolute atomic E-state index is 0.00914. The molecule has 5 N–H and O–H groups in total. The highest BCUT2D eigenvalue weighted by Gasteiger charge is 2.48. The fraction of sp³-hybridized carbons (Fsp3) is 0.472. The predicted octanol–water partition coefficient (Wildman–Crippen LogP) is 14.3. The van der Waals surface area contributed by atoms with E-state index in [1.165, 1.54) is 36.3 Å². The normalized spacial score (nSPS) is 14.2. The molecule has 3 atom stereocenters. The average molecular weight is 1020 g/mol. The molecule has 6 rings (SSSR count). The minimum atomic E-state index is -4.32. The van der Waals surface area contributed by atoms with Crippen molar-refractivity contribution in [3.8, 4) is 22.9 Å². The van der Waals surface area contributed by atoms with Crippen LogP contribution >= 0.6 is 18.7 Å². The van der Waals surface area contributed by atoms with Crippen LogP contribution in [0.15, 0.2) is 96.4 Å². The summed E-state index contributed by atoms with van der Waals surface area (Å²) in [4.78, 5) is 41.4. The maximum Gasteiger partial charge on any atom is 0.416 e. The molecule has 1 fully saturated rings. The zero-order valence-corrected chi connectivity index (χ0v) is 44.7. The van der Waals surface area contributed by atoms with Crippen LogP contribution in [0.2, 0.25) is 0 Å². The quantitative estimate of drug-likeness (QED) is 0.0270. The van der Waals surface area contributed by atoms with E-state index in [9.17, 15) is 32.2 Å². The van der Waals surface area contributed by atoms with E-state index in [0.717, 1.165) is 88.8 Å². The van der Waals surface area contributed by atoms with Gasteiger partial charge in [-0.3, -0.25) is 4.57 Å². The number of carbonyl (C=O) groups excluding carboxylic acids is 2. The number of hydrogen-bond donors (Lipinski definition) is 4.